The van der Waals surface area contributed by atoms with Crippen LogP contribution in [0.2, 0.25) is 0 Å². The van der Waals surface area contributed by atoms with Crippen molar-refractivity contribution in [1.29, 1.82) is 0 Å². The second kappa shape index (κ2) is 11.3. The van der Waals surface area contributed by atoms with Crippen LogP contribution in [0, 0.1) is 5.41 Å². The van der Waals surface area contributed by atoms with Crippen LogP contribution in [0.4, 0.5) is 0 Å². The van der Waals surface area contributed by atoms with Gasteiger partial charge in [-0.15, -0.1) is 12.4 Å². The average molecular weight is 311 g/mol. The molecule has 0 saturated carbocycles. The van der Waals surface area contributed by atoms with Crippen molar-refractivity contribution < 1.29 is 19.0 Å². The van der Waals surface area contributed by atoms with Crippen LogP contribution >= 0.6 is 12.4 Å². The number of ether oxygens (including phenoxy) is 3. The molecule has 0 radical (unpaired) electrons. The summed E-state index contributed by atoms with van der Waals surface area (Å²) in [5, 5.41) is 6.27. The summed E-state index contributed by atoms with van der Waals surface area (Å²) in [6.45, 7) is 4.32. The molecule has 6 nitrogen and oxygen atoms in total. The molecular weight excluding hydrogens is 284 g/mol. The Morgan fingerprint density at radius 1 is 1.20 bits per heavy atom. The first-order chi connectivity index (χ1) is 9.22. The van der Waals surface area contributed by atoms with E-state index in [1.807, 2.05) is 0 Å². The van der Waals surface area contributed by atoms with E-state index in [9.17, 15) is 4.79 Å². The maximum atomic E-state index is 11.7. The second-order valence-corrected chi connectivity index (χ2v) is 5.01. The lowest BCUT2D eigenvalue weighted by Crippen LogP contribution is -2.47. The fourth-order valence-corrected chi connectivity index (χ4v) is 2.28. The highest BCUT2D eigenvalue weighted by Crippen LogP contribution is 2.28. The van der Waals surface area contributed by atoms with Gasteiger partial charge < -0.3 is 24.8 Å². The van der Waals surface area contributed by atoms with E-state index in [2.05, 4.69) is 10.6 Å². The van der Waals surface area contributed by atoms with Gasteiger partial charge in [0.2, 0.25) is 5.91 Å². The van der Waals surface area contributed by atoms with Crippen LogP contribution in [0.25, 0.3) is 0 Å². The Balaban J connectivity index is 0.00000361. The largest absolute Gasteiger partial charge is 0.384 e. The van der Waals surface area contributed by atoms with Gasteiger partial charge in [-0.05, 0) is 25.9 Å². The van der Waals surface area contributed by atoms with Gasteiger partial charge in [0.15, 0.2) is 0 Å². The van der Waals surface area contributed by atoms with Crippen LogP contribution in [-0.2, 0) is 19.0 Å². The fourth-order valence-electron chi connectivity index (χ4n) is 2.28. The van der Waals surface area contributed by atoms with Crippen LogP contribution in [0.5, 0.6) is 0 Å². The molecule has 0 unspecified atom stereocenters. The van der Waals surface area contributed by atoms with Gasteiger partial charge in [-0.25, -0.2) is 0 Å². The monoisotopic (exact) mass is 310 g/mol. The summed E-state index contributed by atoms with van der Waals surface area (Å²) < 4.78 is 15.3. The first-order valence-electron chi connectivity index (χ1n) is 6.75. The minimum atomic E-state index is -0.0786. The molecule has 2 N–H and O–H groups in total. The second-order valence-electron chi connectivity index (χ2n) is 5.01. The van der Waals surface area contributed by atoms with Crippen molar-refractivity contribution >= 4 is 18.3 Å². The summed E-state index contributed by atoms with van der Waals surface area (Å²) in [7, 11) is 3.31. The van der Waals surface area contributed by atoms with Crippen molar-refractivity contribution in [2.45, 2.75) is 12.8 Å². The van der Waals surface area contributed by atoms with Crippen LogP contribution in [0.15, 0.2) is 0 Å². The Hall–Kier alpha value is -0.400. The van der Waals surface area contributed by atoms with Crippen LogP contribution in [-0.4, -0.2) is 66.2 Å². The SMILES string of the molecule is COCCOCC(=O)NCC1(COC)CCNCC1.Cl. The Morgan fingerprint density at radius 3 is 2.50 bits per heavy atom. The molecule has 1 fully saturated rings. The third kappa shape index (κ3) is 7.40. The lowest BCUT2D eigenvalue weighted by atomic mass is 9.79. The van der Waals surface area contributed by atoms with Gasteiger partial charge in [0.25, 0.3) is 0 Å². The number of halogens is 1. The molecule has 1 heterocycles. The number of amides is 1. The van der Waals surface area contributed by atoms with Gasteiger partial charge in [0, 0.05) is 26.2 Å². The van der Waals surface area contributed by atoms with Crippen molar-refractivity contribution in [2.24, 2.45) is 5.41 Å². The van der Waals surface area contributed by atoms with Crippen molar-refractivity contribution in [1.82, 2.24) is 10.6 Å². The standard InChI is InChI=1S/C13H26N2O4.ClH/c1-17-7-8-19-9-12(16)15-10-13(11-18-2)3-5-14-6-4-13;/h14H,3-11H2,1-2H3,(H,15,16);1H. The van der Waals surface area contributed by atoms with Gasteiger partial charge >= 0.3 is 0 Å². The summed E-state index contributed by atoms with van der Waals surface area (Å²) in [5.74, 6) is -0.0786. The first kappa shape index (κ1) is 19.6. The minimum Gasteiger partial charge on any atom is -0.384 e. The molecule has 7 heteroatoms. The summed E-state index contributed by atoms with van der Waals surface area (Å²) in [5.41, 5.74) is 0.0577. The summed E-state index contributed by atoms with van der Waals surface area (Å²) in [6, 6.07) is 0. The summed E-state index contributed by atoms with van der Waals surface area (Å²) in [4.78, 5) is 11.7. The predicted octanol–water partition coefficient (Wildman–Crippen LogP) is 0.204. The Bertz CT molecular complexity index is 255. The average Bonchev–Trinajstić information content (AvgIpc) is 2.43. The number of carbonyl (C=O) groups is 1. The molecule has 0 aromatic carbocycles. The summed E-state index contributed by atoms with van der Waals surface area (Å²) in [6.07, 6.45) is 2.04. The Labute approximate surface area is 127 Å². The number of methoxy groups -OCH3 is 2. The maximum absolute atomic E-state index is 11.7. The molecule has 1 rings (SSSR count). The molecule has 0 bridgehead atoms. The van der Waals surface area contributed by atoms with E-state index in [1.54, 1.807) is 14.2 Å². The number of hydrogen-bond acceptors (Lipinski definition) is 5. The highest BCUT2D eigenvalue weighted by Gasteiger charge is 2.32. The van der Waals surface area contributed by atoms with E-state index in [0.717, 1.165) is 25.9 Å². The quantitative estimate of drug-likeness (QED) is 0.596. The minimum absolute atomic E-state index is 0. The lowest BCUT2D eigenvalue weighted by molar-refractivity contribution is -0.127. The van der Waals surface area contributed by atoms with E-state index in [1.165, 1.54) is 0 Å². The number of carbonyl (C=O) groups excluding carboxylic acids is 1. The van der Waals surface area contributed by atoms with Gasteiger partial charge in [-0.1, -0.05) is 0 Å². The van der Waals surface area contributed by atoms with Gasteiger partial charge in [0.05, 0.1) is 19.8 Å². The topological polar surface area (TPSA) is 68.8 Å². The molecule has 0 spiro atoms. The zero-order valence-corrected chi connectivity index (χ0v) is 13.2. The van der Waals surface area contributed by atoms with Gasteiger partial charge in [0.1, 0.15) is 6.61 Å². The third-order valence-electron chi connectivity index (χ3n) is 3.44. The van der Waals surface area contributed by atoms with Crippen LogP contribution in [0.3, 0.4) is 0 Å². The van der Waals surface area contributed by atoms with Crippen molar-refractivity contribution in [3.05, 3.63) is 0 Å². The van der Waals surface area contributed by atoms with E-state index in [0.29, 0.717) is 26.4 Å². The lowest BCUT2D eigenvalue weighted by Gasteiger charge is -2.37. The van der Waals surface area contributed by atoms with Crippen LogP contribution < -0.4 is 10.6 Å². The molecule has 120 valence electrons. The fraction of sp³-hybridized carbons (Fsp3) is 0.923. The van der Waals surface area contributed by atoms with Crippen molar-refractivity contribution in [2.75, 3.05) is 60.3 Å². The van der Waals surface area contributed by atoms with E-state index < -0.39 is 0 Å². The Morgan fingerprint density at radius 2 is 1.90 bits per heavy atom. The number of piperidine rings is 1. The molecule has 1 aliphatic rings. The Kier molecular flexibility index (Phi) is 11.1. The van der Waals surface area contributed by atoms with Crippen molar-refractivity contribution in [3.63, 3.8) is 0 Å². The van der Waals surface area contributed by atoms with E-state index >= 15 is 0 Å². The molecule has 20 heavy (non-hydrogen) atoms. The predicted molar refractivity (Wildman–Crippen MR) is 79.4 cm³/mol. The number of nitrogens with one attached hydrogen (secondary N) is 2. The molecular formula is C13H27ClN2O4. The van der Waals surface area contributed by atoms with E-state index in [4.69, 9.17) is 14.2 Å². The summed E-state index contributed by atoms with van der Waals surface area (Å²) >= 11 is 0. The van der Waals surface area contributed by atoms with Crippen molar-refractivity contribution in [3.8, 4) is 0 Å². The zero-order chi connectivity index (χ0) is 14.0. The van der Waals surface area contributed by atoms with E-state index in [-0.39, 0.29) is 30.3 Å². The third-order valence-corrected chi connectivity index (χ3v) is 3.44. The number of rotatable bonds is 9. The van der Waals surface area contributed by atoms with Gasteiger partial charge in [-0.2, -0.15) is 0 Å². The van der Waals surface area contributed by atoms with Gasteiger partial charge in [-0.3, -0.25) is 4.79 Å². The normalized spacial score (nSPS) is 17.3. The zero-order valence-electron chi connectivity index (χ0n) is 12.4. The molecule has 0 atom stereocenters. The molecule has 0 aromatic heterocycles. The highest BCUT2D eigenvalue weighted by molar-refractivity contribution is 5.85. The maximum Gasteiger partial charge on any atom is 0.246 e. The molecule has 1 saturated heterocycles. The number of hydrogen-bond donors (Lipinski definition) is 2. The molecule has 0 aliphatic carbocycles. The smallest absolute Gasteiger partial charge is 0.246 e. The first-order valence-corrected chi connectivity index (χ1v) is 6.75. The van der Waals surface area contributed by atoms with Crippen LogP contribution in [0.1, 0.15) is 12.8 Å². The molecule has 1 amide bonds. The molecule has 1 aliphatic heterocycles. The molecule has 0 aromatic rings. The highest BCUT2D eigenvalue weighted by atomic mass is 35.5.